The average molecular weight is 270 g/mol. The summed E-state index contributed by atoms with van der Waals surface area (Å²) in [5.41, 5.74) is 1.03. The first-order valence-corrected chi connectivity index (χ1v) is 6.88. The highest BCUT2D eigenvalue weighted by atomic mass is 35.5. The summed E-state index contributed by atoms with van der Waals surface area (Å²) in [5.74, 6) is 1.53. The highest BCUT2D eigenvalue weighted by Gasteiger charge is 2.19. The molecule has 1 atom stereocenters. The van der Waals surface area contributed by atoms with Crippen molar-refractivity contribution in [2.45, 2.75) is 26.2 Å². The third-order valence-electron chi connectivity index (χ3n) is 3.37. The van der Waals surface area contributed by atoms with Crippen LogP contribution in [0.4, 0.5) is 5.82 Å². The lowest BCUT2D eigenvalue weighted by molar-refractivity contribution is 0.0576. The van der Waals surface area contributed by atoms with Crippen LogP contribution in [0.25, 0.3) is 0 Å². The largest absolute Gasteiger partial charge is 0.381 e. The van der Waals surface area contributed by atoms with E-state index in [4.69, 9.17) is 16.3 Å². The van der Waals surface area contributed by atoms with Crippen LogP contribution < -0.4 is 4.90 Å². The van der Waals surface area contributed by atoms with Crippen LogP contribution in [0.1, 0.15) is 25.3 Å². The zero-order valence-electron chi connectivity index (χ0n) is 11.0. The van der Waals surface area contributed by atoms with Crippen molar-refractivity contribution < 1.29 is 4.74 Å². The van der Waals surface area contributed by atoms with Gasteiger partial charge in [-0.2, -0.15) is 0 Å². The summed E-state index contributed by atoms with van der Waals surface area (Å²) in [6.45, 7) is 4.79. The Morgan fingerprint density at radius 1 is 1.50 bits per heavy atom. The molecule has 1 unspecified atom stereocenters. The number of aromatic nitrogens is 2. The molecule has 0 saturated carbocycles. The predicted molar refractivity (Wildman–Crippen MR) is 73.2 cm³/mol. The van der Waals surface area contributed by atoms with Gasteiger partial charge in [-0.25, -0.2) is 9.97 Å². The maximum atomic E-state index is 6.11. The van der Waals surface area contributed by atoms with Gasteiger partial charge in [-0.15, -0.1) is 0 Å². The van der Waals surface area contributed by atoms with E-state index in [0.717, 1.165) is 44.0 Å². The number of hydrogen-bond acceptors (Lipinski definition) is 4. The third kappa shape index (κ3) is 3.12. The SMILES string of the molecule is CCc1c(Cl)ncnc1N(C)CC1CCCOC1. The standard InChI is InChI=1S/C13H20ClN3O/c1-3-11-12(14)15-9-16-13(11)17(2)7-10-5-4-6-18-8-10/h9-10H,3-8H2,1-2H3. The van der Waals surface area contributed by atoms with Gasteiger partial charge in [0.15, 0.2) is 0 Å². The quantitative estimate of drug-likeness (QED) is 0.788. The van der Waals surface area contributed by atoms with Crippen LogP contribution in [-0.2, 0) is 11.2 Å². The average Bonchev–Trinajstić information content (AvgIpc) is 2.39. The van der Waals surface area contributed by atoms with Crippen LogP contribution in [0.3, 0.4) is 0 Å². The molecular formula is C13H20ClN3O. The van der Waals surface area contributed by atoms with E-state index in [1.165, 1.54) is 12.7 Å². The van der Waals surface area contributed by atoms with Crippen molar-refractivity contribution in [3.05, 3.63) is 17.0 Å². The number of anilines is 1. The molecule has 18 heavy (non-hydrogen) atoms. The Morgan fingerprint density at radius 2 is 2.33 bits per heavy atom. The molecule has 1 aliphatic heterocycles. The summed E-state index contributed by atoms with van der Waals surface area (Å²) in [7, 11) is 2.06. The molecule has 2 rings (SSSR count). The molecule has 1 aromatic heterocycles. The van der Waals surface area contributed by atoms with Gasteiger partial charge in [-0.05, 0) is 25.2 Å². The first-order valence-electron chi connectivity index (χ1n) is 6.50. The van der Waals surface area contributed by atoms with Crippen LogP contribution in [0, 0.1) is 5.92 Å². The van der Waals surface area contributed by atoms with E-state index in [2.05, 4.69) is 28.8 Å². The zero-order chi connectivity index (χ0) is 13.0. The number of nitrogens with zero attached hydrogens (tertiary/aromatic N) is 3. The number of halogens is 1. The second kappa shape index (κ2) is 6.34. The molecule has 5 heteroatoms. The lowest BCUT2D eigenvalue weighted by atomic mass is 10.0. The van der Waals surface area contributed by atoms with E-state index in [1.807, 2.05) is 0 Å². The molecule has 1 saturated heterocycles. The smallest absolute Gasteiger partial charge is 0.137 e. The molecule has 1 aromatic rings. The van der Waals surface area contributed by atoms with Crippen molar-refractivity contribution in [3.63, 3.8) is 0 Å². The Kier molecular flexibility index (Phi) is 4.78. The first kappa shape index (κ1) is 13.6. The zero-order valence-corrected chi connectivity index (χ0v) is 11.8. The van der Waals surface area contributed by atoms with Crippen molar-refractivity contribution in [2.24, 2.45) is 5.92 Å². The molecule has 0 aliphatic carbocycles. The number of rotatable bonds is 4. The Morgan fingerprint density at radius 3 is 3.00 bits per heavy atom. The van der Waals surface area contributed by atoms with Gasteiger partial charge >= 0.3 is 0 Å². The maximum absolute atomic E-state index is 6.11. The fourth-order valence-electron chi connectivity index (χ4n) is 2.44. The van der Waals surface area contributed by atoms with Gasteiger partial charge < -0.3 is 9.64 Å². The van der Waals surface area contributed by atoms with Crippen molar-refractivity contribution in [1.82, 2.24) is 9.97 Å². The molecule has 1 fully saturated rings. The summed E-state index contributed by atoms with van der Waals surface area (Å²) < 4.78 is 5.51. The fourth-order valence-corrected chi connectivity index (χ4v) is 2.70. The highest BCUT2D eigenvalue weighted by molar-refractivity contribution is 6.30. The van der Waals surface area contributed by atoms with Crippen LogP contribution >= 0.6 is 11.6 Å². The van der Waals surface area contributed by atoms with E-state index < -0.39 is 0 Å². The van der Waals surface area contributed by atoms with Gasteiger partial charge in [0, 0.05) is 25.8 Å². The van der Waals surface area contributed by atoms with Crippen LogP contribution in [0.2, 0.25) is 5.15 Å². The fraction of sp³-hybridized carbons (Fsp3) is 0.692. The molecule has 0 radical (unpaired) electrons. The van der Waals surface area contributed by atoms with Crippen molar-refractivity contribution in [1.29, 1.82) is 0 Å². The molecule has 0 amide bonds. The second-order valence-electron chi connectivity index (χ2n) is 4.78. The second-order valence-corrected chi connectivity index (χ2v) is 5.14. The minimum atomic E-state index is 0.564. The van der Waals surface area contributed by atoms with E-state index in [9.17, 15) is 0 Å². The van der Waals surface area contributed by atoms with Crippen molar-refractivity contribution >= 4 is 17.4 Å². The minimum absolute atomic E-state index is 0.564. The summed E-state index contributed by atoms with van der Waals surface area (Å²) >= 11 is 6.11. The monoisotopic (exact) mass is 269 g/mol. The Labute approximate surface area is 113 Å². The molecule has 0 spiro atoms. The van der Waals surface area contributed by atoms with Crippen LogP contribution in [0.15, 0.2) is 6.33 Å². The summed E-state index contributed by atoms with van der Waals surface area (Å²) in [6, 6.07) is 0. The van der Waals surface area contributed by atoms with Gasteiger partial charge in [-0.1, -0.05) is 18.5 Å². The van der Waals surface area contributed by atoms with E-state index in [-0.39, 0.29) is 0 Å². The van der Waals surface area contributed by atoms with Gasteiger partial charge in [0.2, 0.25) is 0 Å². The Balaban J connectivity index is 2.07. The topological polar surface area (TPSA) is 38.2 Å². The molecular weight excluding hydrogens is 250 g/mol. The molecule has 0 aromatic carbocycles. The first-order chi connectivity index (χ1) is 8.72. The Hall–Kier alpha value is -0.870. The highest BCUT2D eigenvalue weighted by Crippen LogP contribution is 2.24. The summed E-state index contributed by atoms with van der Waals surface area (Å²) in [5, 5.41) is 0.564. The van der Waals surface area contributed by atoms with E-state index >= 15 is 0 Å². The minimum Gasteiger partial charge on any atom is -0.381 e. The third-order valence-corrected chi connectivity index (χ3v) is 3.70. The molecule has 100 valence electrons. The van der Waals surface area contributed by atoms with Crippen LogP contribution in [0.5, 0.6) is 0 Å². The molecule has 0 N–H and O–H groups in total. The lowest BCUT2D eigenvalue weighted by Gasteiger charge is -2.28. The summed E-state index contributed by atoms with van der Waals surface area (Å²) in [4.78, 5) is 10.6. The Bertz CT molecular complexity index is 394. The normalized spacial score (nSPS) is 19.8. The lowest BCUT2D eigenvalue weighted by Crippen LogP contribution is -2.32. The molecule has 1 aliphatic rings. The van der Waals surface area contributed by atoms with Gasteiger partial charge in [0.25, 0.3) is 0 Å². The van der Waals surface area contributed by atoms with Crippen molar-refractivity contribution in [2.75, 3.05) is 31.7 Å². The molecule has 0 bridgehead atoms. The number of ether oxygens (including phenoxy) is 1. The van der Waals surface area contributed by atoms with Gasteiger partial charge in [0.1, 0.15) is 17.3 Å². The van der Waals surface area contributed by atoms with Crippen molar-refractivity contribution in [3.8, 4) is 0 Å². The molecule has 4 nitrogen and oxygen atoms in total. The molecule has 2 heterocycles. The van der Waals surface area contributed by atoms with Gasteiger partial charge in [-0.3, -0.25) is 0 Å². The van der Waals surface area contributed by atoms with E-state index in [0.29, 0.717) is 11.1 Å². The van der Waals surface area contributed by atoms with Gasteiger partial charge in [0.05, 0.1) is 6.61 Å². The van der Waals surface area contributed by atoms with E-state index in [1.54, 1.807) is 0 Å². The maximum Gasteiger partial charge on any atom is 0.137 e. The summed E-state index contributed by atoms with van der Waals surface area (Å²) in [6.07, 6.45) is 4.76. The number of hydrogen-bond donors (Lipinski definition) is 0. The predicted octanol–water partition coefficient (Wildman–Crippen LogP) is 2.56. The van der Waals surface area contributed by atoms with Crippen LogP contribution in [-0.4, -0.2) is 36.8 Å².